The minimum atomic E-state index is 0.455. The van der Waals surface area contributed by atoms with Gasteiger partial charge in [-0.05, 0) is 24.6 Å². The molecule has 5 heteroatoms. The molecule has 1 aromatic heterocycles. The highest BCUT2D eigenvalue weighted by atomic mass is 79.9. The molecule has 0 radical (unpaired) electrons. The third kappa shape index (κ3) is 2.36. The monoisotopic (exact) mass is 310 g/mol. The predicted octanol–water partition coefficient (Wildman–Crippen LogP) is 3.65. The second-order valence-electron chi connectivity index (χ2n) is 3.97. The van der Waals surface area contributed by atoms with Crippen LogP contribution in [0.25, 0.3) is 11.3 Å². The molecule has 0 aliphatic rings. The summed E-state index contributed by atoms with van der Waals surface area (Å²) in [6, 6.07) is 5.76. The van der Waals surface area contributed by atoms with Crippen LogP contribution in [0.15, 0.2) is 27.2 Å². The van der Waals surface area contributed by atoms with Crippen molar-refractivity contribution in [3.05, 3.63) is 28.2 Å². The van der Waals surface area contributed by atoms with Crippen molar-refractivity contribution in [3.63, 3.8) is 0 Å². The van der Waals surface area contributed by atoms with Crippen molar-refractivity contribution in [1.82, 2.24) is 5.16 Å². The number of hydrogen-bond donors (Lipinski definition) is 1. The number of nitrogens with zero attached hydrogens (tertiary/aromatic N) is 1. The number of benzene rings is 1. The molecule has 0 bridgehead atoms. The van der Waals surface area contributed by atoms with Crippen LogP contribution in [0.5, 0.6) is 5.75 Å². The molecular formula is C13H15BrN2O2. The lowest BCUT2D eigenvalue weighted by molar-refractivity contribution is 0.406. The highest BCUT2D eigenvalue weighted by Gasteiger charge is 2.18. The fraction of sp³-hybridized carbons (Fsp3) is 0.308. The Morgan fingerprint density at radius 2 is 2.22 bits per heavy atom. The maximum atomic E-state index is 5.83. The third-order valence-electron chi connectivity index (χ3n) is 2.73. The van der Waals surface area contributed by atoms with E-state index in [1.807, 2.05) is 18.2 Å². The molecule has 96 valence electrons. The second-order valence-corrected chi connectivity index (χ2v) is 4.89. The molecule has 1 heterocycles. The normalized spacial score (nSPS) is 10.6. The van der Waals surface area contributed by atoms with E-state index in [9.17, 15) is 0 Å². The number of anilines is 1. The van der Waals surface area contributed by atoms with Gasteiger partial charge in [0.05, 0.1) is 12.7 Å². The van der Waals surface area contributed by atoms with E-state index in [-0.39, 0.29) is 0 Å². The van der Waals surface area contributed by atoms with E-state index in [2.05, 4.69) is 28.0 Å². The topological polar surface area (TPSA) is 61.3 Å². The molecule has 0 aliphatic carbocycles. The summed E-state index contributed by atoms with van der Waals surface area (Å²) < 4.78 is 11.7. The van der Waals surface area contributed by atoms with Gasteiger partial charge in [0.2, 0.25) is 0 Å². The lowest BCUT2D eigenvalue weighted by Gasteiger charge is -2.07. The van der Waals surface area contributed by atoms with Crippen molar-refractivity contribution in [2.24, 2.45) is 0 Å². The van der Waals surface area contributed by atoms with E-state index < -0.39 is 0 Å². The first kappa shape index (κ1) is 13.0. The largest absolute Gasteiger partial charge is 0.496 e. The van der Waals surface area contributed by atoms with E-state index >= 15 is 0 Å². The Bertz CT molecular complexity index is 552. The summed E-state index contributed by atoms with van der Waals surface area (Å²) in [6.07, 6.45) is 1.82. The maximum absolute atomic E-state index is 5.83. The first-order valence-electron chi connectivity index (χ1n) is 5.75. The van der Waals surface area contributed by atoms with Gasteiger partial charge in [-0.15, -0.1) is 0 Å². The number of halogens is 1. The summed E-state index contributed by atoms with van der Waals surface area (Å²) in [6.45, 7) is 2.09. The number of methoxy groups -OCH3 is 1. The van der Waals surface area contributed by atoms with Crippen LogP contribution in [0.2, 0.25) is 0 Å². The quantitative estimate of drug-likeness (QED) is 0.936. The predicted molar refractivity (Wildman–Crippen MR) is 74.6 cm³/mol. The first-order chi connectivity index (χ1) is 8.67. The summed E-state index contributed by atoms with van der Waals surface area (Å²) in [5.41, 5.74) is 7.64. The van der Waals surface area contributed by atoms with Gasteiger partial charge in [-0.3, -0.25) is 0 Å². The van der Waals surface area contributed by atoms with Crippen molar-refractivity contribution in [1.29, 1.82) is 0 Å². The Balaban J connectivity index is 2.54. The van der Waals surface area contributed by atoms with Gasteiger partial charge in [0.15, 0.2) is 11.6 Å². The van der Waals surface area contributed by atoms with Crippen molar-refractivity contribution in [2.45, 2.75) is 19.8 Å². The first-order valence-corrected chi connectivity index (χ1v) is 6.54. The van der Waals surface area contributed by atoms with E-state index in [4.69, 9.17) is 15.0 Å². The van der Waals surface area contributed by atoms with Gasteiger partial charge in [-0.25, -0.2) is 0 Å². The van der Waals surface area contributed by atoms with Crippen LogP contribution in [0.4, 0.5) is 5.82 Å². The zero-order chi connectivity index (χ0) is 13.1. The van der Waals surface area contributed by atoms with E-state index in [1.54, 1.807) is 7.11 Å². The van der Waals surface area contributed by atoms with E-state index in [0.717, 1.165) is 34.2 Å². The minimum absolute atomic E-state index is 0.455. The van der Waals surface area contributed by atoms with E-state index in [1.165, 1.54) is 0 Å². The number of nitrogens with two attached hydrogens (primary N) is 1. The van der Waals surface area contributed by atoms with Crippen molar-refractivity contribution < 1.29 is 9.26 Å². The maximum Gasteiger partial charge on any atom is 0.175 e. The Morgan fingerprint density at radius 1 is 1.44 bits per heavy atom. The van der Waals surface area contributed by atoms with Crippen molar-refractivity contribution in [3.8, 4) is 17.1 Å². The number of aromatic nitrogens is 1. The van der Waals surface area contributed by atoms with Crippen LogP contribution >= 0.6 is 15.9 Å². The highest BCUT2D eigenvalue weighted by Crippen LogP contribution is 2.36. The fourth-order valence-electron chi connectivity index (χ4n) is 1.88. The van der Waals surface area contributed by atoms with Gasteiger partial charge in [0, 0.05) is 10.0 Å². The zero-order valence-corrected chi connectivity index (χ0v) is 12.0. The Kier molecular flexibility index (Phi) is 3.91. The highest BCUT2D eigenvalue weighted by molar-refractivity contribution is 9.10. The average Bonchev–Trinajstić information content (AvgIpc) is 2.72. The summed E-state index contributed by atoms with van der Waals surface area (Å²) in [5, 5.41) is 3.84. The average molecular weight is 311 g/mol. The molecule has 18 heavy (non-hydrogen) atoms. The summed E-state index contributed by atoms with van der Waals surface area (Å²) in [7, 11) is 1.63. The molecule has 0 aliphatic heterocycles. The second kappa shape index (κ2) is 5.44. The van der Waals surface area contributed by atoms with Gasteiger partial charge in [-0.1, -0.05) is 34.4 Å². The van der Waals surface area contributed by atoms with Crippen LogP contribution in [0.3, 0.4) is 0 Å². The molecule has 4 nitrogen and oxygen atoms in total. The molecule has 1 aromatic carbocycles. The standard InChI is InChI=1S/C13H15BrN2O2/c1-3-4-10-12(18-16-13(10)15)9-6-5-8(14)7-11(9)17-2/h5-7H,3-4H2,1-2H3,(H2,15,16). The summed E-state index contributed by atoms with van der Waals surface area (Å²) >= 11 is 3.41. The SMILES string of the molecule is CCCc1c(N)noc1-c1ccc(Br)cc1OC. The van der Waals surface area contributed by atoms with E-state index in [0.29, 0.717) is 11.6 Å². The van der Waals surface area contributed by atoms with Crippen molar-refractivity contribution in [2.75, 3.05) is 12.8 Å². The third-order valence-corrected chi connectivity index (χ3v) is 3.22. The smallest absolute Gasteiger partial charge is 0.175 e. The van der Waals surface area contributed by atoms with Crippen LogP contribution < -0.4 is 10.5 Å². The molecule has 2 rings (SSSR count). The molecular weight excluding hydrogens is 296 g/mol. The summed E-state index contributed by atoms with van der Waals surface area (Å²) in [4.78, 5) is 0. The molecule has 0 atom stereocenters. The molecule has 0 spiro atoms. The fourth-order valence-corrected chi connectivity index (χ4v) is 2.22. The number of rotatable bonds is 4. The number of nitrogen functional groups attached to an aromatic ring is 1. The molecule has 2 aromatic rings. The molecule has 2 N–H and O–H groups in total. The van der Waals surface area contributed by atoms with Gasteiger partial charge in [0.1, 0.15) is 5.75 Å². The Hall–Kier alpha value is -1.49. The van der Waals surface area contributed by atoms with Crippen LogP contribution in [0.1, 0.15) is 18.9 Å². The van der Waals surface area contributed by atoms with Crippen molar-refractivity contribution >= 4 is 21.7 Å². The van der Waals surface area contributed by atoms with Gasteiger partial charge < -0.3 is 15.0 Å². The van der Waals surface area contributed by atoms with Crippen LogP contribution in [-0.2, 0) is 6.42 Å². The summed E-state index contributed by atoms with van der Waals surface area (Å²) in [5.74, 6) is 1.88. The number of ether oxygens (including phenoxy) is 1. The van der Waals surface area contributed by atoms with Gasteiger partial charge in [-0.2, -0.15) is 0 Å². The molecule has 0 saturated heterocycles. The minimum Gasteiger partial charge on any atom is -0.496 e. The van der Waals surface area contributed by atoms with Crippen LogP contribution in [-0.4, -0.2) is 12.3 Å². The zero-order valence-electron chi connectivity index (χ0n) is 10.4. The van der Waals surface area contributed by atoms with Gasteiger partial charge in [0.25, 0.3) is 0 Å². The molecule has 0 amide bonds. The number of hydrogen-bond acceptors (Lipinski definition) is 4. The molecule has 0 fully saturated rings. The molecule has 0 saturated carbocycles. The van der Waals surface area contributed by atoms with Crippen LogP contribution in [0, 0.1) is 0 Å². The lowest BCUT2D eigenvalue weighted by atomic mass is 10.0. The lowest BCUT2D eigenvalue weighted by Crippen LogP contribution is -1.94. The Labute approximate surface area is 114 Å². The Morgan fingerprint density at radius 3 is 2.89 bits per heavy atom. The van der Waals surface area contributed by atoms with Gasteiger partial charge >= 0.3 is 0 Å². The molecule has 0 unspecified atom stereocenters.